The molecule has 0 amide bonds. The van der Waals surface area contributed by atoms with Gasteiger partial charge in [0.25, 0.3) is 0 Å². The van der Waals surface area contributed by atoms with Gasteiger partial charge in [-0.3, -0.25) is 23.7 Å². The van der Waals surface area contributed by atoms with Crippen molar-refractivity contribution in [2.45, 2.75) is 45.3 Å². The Bertz CT molecular complexity index is 800. The summed E-state index contributed by atoms with van der Waals surface area (Å²) in [6.45, 7) is 3.25. The fraction of sp³-hybridized carbons (Fsp3) is 0.600. The van der Waals surface area contributed by atoms with Gasteiger partial charge < -0.3 is 18.9 Å². The maximum atomic E-state index is 12.4. The molecule has 1 aromatic heterocycles. The molecule has 4 atom stereocenters. The molecule has 0 spiro atoms. The average Bonchev–Trinajstić information content (AvgIpc) is 2.90. The van der Waals surface area contributed by atoms with Gasteiger partial charge in [-0.1, -0.05) is 11.9 Å². The van der Waals surface area contributed by atoms with Crippen molar-refractivity contribution in [3.05, 3.63) is 16.8 Å². The molecule has 12 nitrogen and oxygen atoms in total. The van der Waals surface area contributed by atoms with Crippen molar-refractivity contribution in [3.63, 3.8) is 0 Å². The Balaban J connectivity index is 2.39. The second-order valence-corrected chi connectivity index (χ2v) is 6.30. The van der Waals surface area contributed by atoms with E-state index in [-0.39, 0.29) is 12.6 Å². The van der Waals surface area contributed by atoms with E-state index in [4.69, 9.17) is 18.9 Å². The zero-order valence-corrected chi connectivity index (χ0v) is 16.4. The lowest BCUT2D eigenvalue weighted by molar-refractivity contribution is -0.166. The summed E-state index contributed by atoms with van der Waals surface area (Å²) in [5, 5.41) is 0. The monoisotopic (exact) mass is 416 g/mol. The lowest BCUT2D eigenvalue weighted by Crippen LogP contribution is -2.42. The van der Waals surface area contributed by atoms with Gasteiger partial charge in [-0.05, 0) is 0 Å². The lowest BCUT2D eigenvalue weighted by Gasteiger charge is -2.23. The van der Waals surface area contributed by atoms with Crippen LogP contribution in [0.3, 0.4) is 0 Å². The third-order valence-electron chi connectivity index (χ3n) is 3.53. The number of aromatic nitrogens is 3. The van der Waals surface area contributed by atoms with Gasteiger partial charge in [-0.25, -0.2) is 9.78 Å². The molecule has 1 aliphatic rings. The summed E-state index contributed by atoms with van der Waals surface area (Å²) < 4.78 is 24.8. The second kappa shape index (κ2) is 9.50. The number of hydrogen-bond acceptors (Lipinski definition) is 12. The predicted octanol–water partition coefficient (Wildman–Crippen LogP) is -0.348. The smallest absolute Gasteiger partial charge is 0.354 e. The molecule has 1 unspecified atom stereocenters. The van der Waals surface area contributed by atoms with E-state index in [2.05, 4.69) is 14.7 Å². The van der Waals surface area contributed by atoms with Crippen LogP contribution in [0.4, 0.5) is 5.95 Å². The minimum atomic E-state index is -1.19. The highest BCUT2D eigenvalue weighted by atomic mass is 32.2. The van der Waals surface area contributed by atoms with E-state index in [1.165, 1.54) is 25.8 Å². The molecule has 0 aliphatic carbocycles. The number of carbonyl (C=O) groups is 3. The van der Waals surface area contributed by atoms with E-state index >= 15 is 0 Å². The molecule has 0 radical (unpaired) electrons. The Morgan fingerprint density at radius 3 is 2.36 bits per heavy atom. The van der Waals surface area contributed by atoms with Crippen LogP contribution < -0.4 is 10.4 Å². The van der Waals surface area contributed by atoms with Gasteiger partial charge in [0.15, 0.2) is 18.4 Å². The van der Waals surface area contributed by atoms with Gasteiger partial charge in [-0.2, -0.15) is 4.98 Å². The molecule has 1 aliphatic heterocycles. The Kier molecular flexibility index (Phi) is 7.34. The van der Waals surface area contributed by atoms with Crippen LogP contribution >= 0.6 is 11.9 Å². The molecule has 2 heterocycles. The average molecular weight is 416 g/mol. The van der Waals surface area contributed by atoms with Gasteiger partial charge >= 0.3 is 23.6 Å². The van der Waals surface area contributed by atoms with Gasteiger partial charge in [-0.15, -0.1) is 0 Å². The van der Waals surface area contributed by atoms with Crippen LogP contribution in [-0.2, 0) is 33.3 Å². The number of nitrogens with zero attached hydrogens (tertiary/aromatic N) is 3. The second-order valence-electron chi connectivity index (χ2n) is 5.69. The summed E-state index contributed by atoms with van der Waals surface area (Å²) in [6.07, 6.45) is -1.56. The normalized spacial score (nSPS) is 23.7. The fourth-order valence-electron chi connectivity index (χ4n) is 2.58. The largest absolute Gasteiger partial charge is 0.463 e. The zero-order chi connectivity index (χ0) is 20.8. The number of esters is 3. The highest BCUT2D eigenvalue weighted by Crippen LogP contribution is 2.33. The van der Waals surface area contributed by atoms with Crippen molar-refractivity contribution in [2.24, 2.45) is 0 Å². The molecule has 154 valence electrons. The summed E-state index contributed by atoms with van der Waals surface area (Å²) in [5.41, 5.74) is -0.733. The molecule has 0 bridgehead atoms. The van der Waals surface area contributed by atoms with Crippen LogP contribution in [0.2, 0.25) is 0 Å². The van der Waals surface area contributed by atoms with Crippen molar-refractivity contribution in [3.8, 4) is 0 Å². The van der Waals surface area contributed by atoms with Crippen molar-refractivity contribution >= 4 is 35.8 Å². The number of ether oxygens (including phenoxy) is 4. The minimum absolute atomic E-state index is 0.0868. The SMILES string of the molecule is CSNc1ncn([C@@H]2O[C@H](COC(C)=O)C(OC(C)=O)[C@@H]2OC(C)=O)c(=O)n1. The summed E-state index contributed by atoms with van der Waals surface area (Å²) in [6, 6.07) is 0. The molecule has 0 aromatic carbocycles. The molecular formula is C15H20N4O8S. The van der Waals surface area contributed by atoms with E-state index in [9.17, 15) is 19.2 Å². The number of hydrogen-bond donors (Lipinski definition) is 1. The molecule has 1 aromatic rings. The number of nitrogens with one attached hydrogen (secondary N) is 1. The molecule has 1 fully saturated rings. The Morgan fingerprint density at radius 1 is 1.18 bits per heavy atom. The van der Waals surface area contributed by atoms with Crippen molar-refractivity contribution in [2.75, 3.05) is 17.6 Å². The zero-order valence-electron chi connectivity index (χ0n) is 15.6. The molecule has 28 heavy (non-hydrogen) atoms. The molecule has 2 rings (SSSR count). The van der Waals surface area contributed by atoms with Crippen molar-refractivity contribution in [1.29, 1.82) is 0 Å². The van der Waals surface area contributed by atoms with Crippen LogP contribution in [0.1, 0.15) is 27.0 Å². The molecular weight excluding hydrogens is 396 g/mol. The lowest BCUT2D eigenvalue weighted by atomic mass is 10.1. The van der Waals surface area contributed by atoms with E-state index in [0.717, 1.165) is 17.8 Å². The standard InChI is InChI=1S/C15H20N4O8S/c1-7(20)24-5-10-11(25-8(2)21)12(26-9(3)22)13(27-10)19-6-16-14(18-28-4)17-15(19)23/h6,10-13H,5H2,1-4H3,(H,17,18,23)/t10-,11?,12+,13-/m1/s1. The van der Waals surface area contributed by atoms with E-state index < -0.39 is 48.1 Å². The van der Waals surface area contributed by atoms with Crippen LogP contribution in [0.15, 0.2) is 11.1 Å². The molecule has 0 saturated carbocycles. The van der Waals surface area contributed by atoms with Crippen LogP contribution in [0.5, 0.6) is 0 Å². The van der Waals surface area contributed by atoms with Crippen molar-refractivity contribution in [1.82, 2.24) is 14.5 Å². The third-order valence-corrected chi connectivity index (χ3v) is 3.92. The summed E-state index contributed by atoms with van der Waals surface area (Å²) in [4.78, 5) is 54.3. The maximum absolute atomic E-state index is 12.4. The predicted molar refractivity (Wildman–Crippen MR) is 95.1 cm³/mol. The van der Waals surface area contributed by atoms with Gasteiger partial charge in [0.1, 0.15) is 19.0 Å². The number of anilines is 1. The van der Waals surface area contributed by atoms with Crippen LogP contribution in [0, 0.1) is 0 Å². The number of rotatable bonds is 7. The Labute approximate surface area is 164 Å². The van der Waals surface area contributed by atoms with Gasteiger partial charge in [0.2, 0.25) is 5.95 Å². The van der Waals surface area contributed by atoms with Gasteiger partial charge in [0, 0.05) is 27.0 Å². The Hall–Kier alpha value is -2.67. The summed E-state index contributed by atoms with van der Waals surface area (Å²) in [7, 11) is 0. The molecule has 1 N–H and O–H groups in total. The van der Waals surface area contributed by atoms with Gasteiger partial charge in [0.05, 0.1) is 0 Å². The first-order valence-electron chi connectivity index (χ1n) is 8.10. The van der Waals surface area contributed by atoms with E-state index in [0.29, 0.717) is 0 Å². The topological polar surface area (TPSA) is 148 Å². The first kappa shape index (κ1) is 21.6. The first-order valence-corrected chi connectivity index (χ1v) is 9.32. The van der Waals surface area contributed by atoms with E-state index in [1.54, 1.807) is 6.26 Å². The maximum Gasteiger partial charge on any atom is 0.354 e. The summed E-state index contributed by atoms with van der Waals surface area (Å²) in [5.74, 6) is -1.84. The third kappa shape index (κ3) is 5.42. The van der Waals surface area contributed by atoms with Crippen molar-refractivity contribution < 1.29 is 33.3 Å². The highest BCUT2D eigenvalue weighted by molar-refractivity contribution is 7.99. The quantitative estimate of drug-likeness (QED) is 0.352. The number of carbonyl (C=O) groups excluding carboxylic acids is 3. The summed E-state index contributed by atoms with van der Waals surface area (Å²) >= 11 is 1.20. The van der Waals surface area contributed by atoms with Crippen LogP contribution in [-0.4, -0.2) is 63.6 Å². The first-order chi connectivity index (χ1) is 13.2. The highest BCUT2D eigenvalue weighted by Gasteiger charge is 2.51. The molecule has 13 heteroatoms. The Morgan fingerprint density at radius 2 is 1.82 bits per heavy atom. The fourth-order valence-corrected chi connectivity index (χ4v) is 2.86. The minimum Gasteiger partial charge on any atom is -0.463 e. The van der Waals surface area contributed by atoms with Crippen LogP contribution in [0.25, 0.3) is 0 Å². The van der Waals surface area contributed by atoms with E-state index in [1.807, 2.05) is 0 Å². The molecule has 1 saturated heterocycles.